The van der Waals surface area contributed by atoms with Crippen LogP contribution in [-0.4, -0.2) is 41.6 Å². The number of rotatable bonds is 4. The second-order valence-corrected chi connectivity index (χ2v) is 6.52. The molecule has 3 unspecified atom stereocenters. The quantitative estimate of drug-likeness (QED) is 0.831. The number of carbonyl (C=O) groups is 2. The van der Waals surface area contributed by atoms with Gasteiger partial charge in [0.25, 0.3) is 0 Å². The first-order valence-corrected chi connectivity index (χ1v) is 7.79. The van der Waals surface area contributed by atoms with Crippen molar-refractivity contribution in [2.24, 2.45) is 17.8 Å². The summed E-state index contributed by atoms with van der Waals surface area (Å²) >= 11 is 0. The van der Waals surface area contributed by atoms with Gasteiger partial charge in [-0.05, 0) is 37.0 Å². The molecule has 2 aliphatic rings. The molecule has 1 aliphatic carbocycles. The third-order valence-corrected chi connectivity index (χ3v) is 4.62. The molecule has 2 N–H and O–H groups in total. The van der Waals surface area contributed by atoms with Crippen LogP contribution in [0.5, 0.6) is 0 Å². The van der Waals surface area contributed by atoms with Crippen molar-refractivity contribution in [3.05, 3.63) is 0 Å². The first kappa shape index (κ1) is 15.1. The minimum atomic E-state index is -0.770. The van der Waals surface area contributed by atoms with Crippen LogP contribution in [0.15, 0.2) is 0 Å². The van der Waals surface area contributed by atoms with Crippen molar-refractivity contribution in [2.45, 2.75) is 45.4 Å². The largest absolute Gasteiger partial charge is 0.481 e. The van der Waals surface area contributed by atoms with Gasteiger partial charge in [-0.15, -0.1) is 0 Å². The predicted molar refractivity (Wildman–Crippen MR) is 76.5 cm³/mol. The van der Waals surface area contributed by atoms with Crippen LogP contribution in [0.25, 0.3) is 0 Å². The lowest BCUT2D eigenvalue weighted by molar-refractivity contribution is -0.138. The molecule has 20 heavy (non-hydrogen) atoms. The molecule has 2 fully saturated rings. The van der Waals surface area contributed by atoms with Crippen molar-refractivity contribution in [1.29, 1.82) is 0 Å². The maximum absolute atomic E-state index is 12.1. The Morgan fingerprint density at radius 2 is 2.05 bits per heavy atom. The molecule has 1 saturated heterocycles. The first-order valence-electron chi connectivity index (χ1n) is 7.79. The van der Waals surface area contributed by atoms with Crippen LogP contribution < -0.4 is 5.32 Å². The van der Waals surface area contributed by atoms with Crippen molar-refractivity contribution in [3.8, 4) is 0 Å². The highest BCUT2D eigenvalue weighted by Gasteiger charge is 2.28. The summed E-state index contributed by atoms with van der Waals surface area (Å²) < 4.78 is 0. The Labute approximate surface area is 120 Å². The Hall–Kier alpha value is -1.26. The van der Waals surface area contributed by atoms with E-state index < -0.39 is 5.97 Å². The zero-order valence-corrected chi connectivity index (χ0v) is 12.3. The molecular weight excluding hydrogens is 256 g/mol. The number of amides is 2. The average Bonchev–Trinajstić information content (AvgIpc) is 2.84. The van der Waals surface area contributed by atoms with E-state index in [9.17, 15) is 9.59 Å². The number of nitrogens with zero attached hydrogens (tertiary/aromatic N) is 1. The zero-order valence-electron chi connectivity index (χ0n) is 12.3. The second-order valence-electron chi connectivity index (χ2n) is 6.52. The maximum Gasteiger partial charge on any atom is 0.317 e. The van der Waals surface area contributed by atoms with E-state index in [0.29, 0.717) is 19.0 Å². The van der Waals surface area contributed by atoms with Gasteiger partial charge in [-0.1, -0.05) is 19.8 Å². The molecule has 3 atom stereocenters. The summed E-state index contributed by atoms with van der Waals surface area (Å²) in [5.41, 5.74) is 0. The molecular formula is C15H26N2O3. The number of likely N-dealkylation sites (tertiary alicyclic amines) is 1. The van der Waals surface area contributed by atoms with E-state index in [2.05, 4.69) is 12.2 Å². The number of carboxylic acids is 1. The number of urea groups is 1. The van der Waals surface area contributed by atoms with Crippen LogP contribution in [-0.2, 0) is 4.79 Å². The molecule has 0 spiro atoms. The summed E-state index contributed by atoms with van der Waals surface area (Å²) in [6.07, 6.45) is 5.98. The van der Waals surface area contributed by atoms with Crippen LogP contribution in [0.3, 0.4) is 0 Å². The first-order chi connectivity index (χ1) is 9.54. The minimum Gasteiger partial charge on any atom is -0.481 e. The monoisotopic (exact) mass is 282 g/mol. The third kappa shape index (κ3) is 4.39. The molecule has 5 nitrogen and oxygen atoms in total. The fourth-order valence-electron chi connectivity index (χ4n) is 3.52. The van der Waals surface area contributed by atoms with E-state index in [0.717, 1.165) is 18.9 Å². The fourth-order valence-corrected chi connectivity index (χ4v) is 3.52. The molecule has 1 heterocycles. The molecule has 5 heteroatoms. The van der Waals surface area contributed by atoms with Crippen molar-refractivity contribution < 1.29 is 14.7 Å². The van der Waals surface area contributed by atoms with Gasteiger partial charge < -0.3 is 15.3 Å². The van der Waals surface area contributed by atoms with Crippen molar-refractivity contribution in [3.63, 3.8) is 0 Å². The number of carboxylic acid groups (broad SMARTS) is 1. The molecule has 2 rings (SSSR count). The van der Waals surface area contributed by atoms with Gasteiger partial charge in [0.1, 0.15) is 0 Å². The van der Waals surface area contributed by atoms with Crippen molar-refractivity contribution in [1.82, 2.24) is 10.2 Å². The molecule has 2 amide bonds. The van der Waals surface area contributed by atoms with Gasteiger partial charge in [-0.2, -0.15) is 0 Å². The van der Waals surface area contributed by atoms with Gasteiger partial charge in [0.05, 0.1) is 0 Å². The normalized spacial score (nSPS) is 30.2. The zero-order chi connectivity index (χ0) is 14.5. The van der Waals surface area contributed by atoms with Crippen LogP contribution in [0.4, 0.5) is 4.79 Å². The molecule has 0 radical (unpaired) electrons. The second kappa shape index (κ2) is 6.95. The molecule has 0 aromatic carbocycles. The molecule has 1 saturated carbocycles. The van der Waals surface area contributed by atoms with Crippen LogP contribution in [0.1, 0.15) is 45.4 Å². The number of carbonyl (C=O) groups excluding carboxylic acids is 1. The highest BCUT2D eigenvalue weighted by molar-refractivity contribution is 5.74. The molecule has 0 aromatic rings. The predicted octanol–water partition coefficient (Wildman–Crippen LogP) is 2.32. The summed E-state index contributed by atoms with van der Waals surface area (Å²) in [5, 5.41) is 11.8. The Balaban J connectivity index is 1.69. The van der Waals surface area contributed by atoms with Gasteiger partial charge >= 0.3 is 12.0 Å². The lowest BCUT2D eigenvalue weighted by Crippen LogP contribution is -2.41. The highest BCUT2D eigenvalue weighted by Crippen LogP contribution is 2.28. The van der Waals surface area contributed by atoms with Crippen LogP contribution in [0.2, 0.25) is 0 Å². The summed E-state index contributed by atoms with van der Waals surface area (Å²) in [7, 11) is 0. The number of hydrogen-bond acceptors (Lipinski definition) is 2. The SMILES string of the molecule is CC1CCCC(CNC(=O)N2CCC(CC(=O)O)C2)C1. The van der Waals surface area contributed by atoms with E-state index in [1.54, 1.807) is 4.90 Å². The smallest absolute Gasteiger partial charge is 0.317 e. The van der Waals surface area contributed by atoms with E-state index in [4.69, 9.17) is 5.11 Å². The van der Waals surface area contributed by atoms with Crippen molar-refractivity contribution in [2.75, 3.05) is 19.6 Å². The summed E-state index contributed by atoms with van der Waals surface area (Å²) in [5.74, 6) is 0.735. The van der Waals surface area contributed by atoms with Crippen LogP contribution in [0, 0.1) is 17.8 Å². The number of aliphatic carboxylic acids is 1. The van der Waals surface area contributed by atoms with E-state index >= 15 is 0 Å². The van der Waals surface area contributed by atoms with Gasteiger partial charge in [-0.25, -0.2) is 4.79 Å². The van der Waals surface area contributed by atoms with Gasteiger partial charge in [-0.3, -0.25) is 4.79 Å². The summed E-state index contributed by atoms with van der Waals surface area (Å²) in [6, 6.07) is -0.0175. The summed E-state index contributed by atoms with van der Waals surface area (Å²) in [4.78, 5) is 24.5. The Morgan fingerprint density at radius 3 is 2.75 bits per heavy atom. The molecule has 114 valence electrons. The highest BCUT2D eigenvalue weighted by atomic mass is 16.4. The molecule has 0 aromatic heterocycles. The lowest BCUT2D eigenvalue weighted by atomic mass is 9.82. The van der Waals surface area contributed by atoms with Gasteiger partial charge in [0, 0.05) is 26.1 Å². The van der Waals surface area contributed by atoms with Gasteiger partial charge in [0.15, 0.2) is 0 Å². The average molecular weight is 282 g/mol. The Bertz CT molecular complexity index is 359. The fraction of sp³-hybridized carbons (Fsp3) is 0.867. The molecule has 0 bridgehead atoms. The standard InChI is InChI=1S/C15H26N2O3/c1-11-3-2-4-12(7-11)9-16-15(20)17-6-5-13(10-17)8-14(18)19/h11-13H,2-10H2,1H3,(H,16,20)(H,18,19). The number of nitrogens with one attached hydrogen (secondary N) is 1. The van der Waals surface area contributed by atoms with Crippen LogP contribution >= 0.6 is 0 Å². The van der Waals surface area contributed by atoms with E-state index in [-0.39, 0.29) is 18.4 Å². The number of hydrogen-bond donors (Lipinski definition) is 2. The maximum atomic E-state index is 12.1. The molecule has 1 aliphatic heterocycles. The minimum absolute atomic E-state index is 0.0175. The summed E-state index contributed by atoms with van der Waals surface area (Å²) in [6.45, 7) is 4.32. The topological polar surface area (TPSA) is 69.6 Å². The Kier molecular flexibility index (Phi) is 5.26. The lowest BCUT2D eigenvalue weighted by Gasteiger charge is -2.27. The van der Waals surface area contributed by atoms with Crippen molar-refractivity contribution >= 4 is 12.0 Å². The Morgan fingerprint density at radius 1 is 1.25 bits per heavy atom. The third-order valence-electron chi connectivity index (χ3n) is 4.62. The van der Waals surface area contributed by atoms with Gasteiger partial charge in [0.2, 0.25) is 0 Å². The van der Waals surface area contributed by atoms with E-state index in [1.807, 2.05) is 0 Å². The van der Waals surface area contributed by atoms with E-state index in [1.165, 1.54) is 25.7 Å².